The van der Waals surface area contributed by atoms with Crippen molar-refractivity contribution in [2.75, 3.05) is 6.54 Å². The van der Waals surface area contributed by atoms with Crippen LogP contribution in [-0.2, 0) is 11.3 Å². The van der Waals surface area contributed by atoms with Crippen LogP contribution in [-0.4, -0.2) is 26.9 Å². The number of likely N-dealkylation sites (tertiary alicyclic amines) is 1. The second-order valence-electron chi connectivity index (χ2n) is 5.74. The molecule has 1 aliphatic heterocycles. The van der Waals surface area contributed by atoms with E-state index in [1.165, 1.54) is 6.07 Å². The molecule has 1 aliphatic rings. The maximum absolute atomic E-state index is 13.5. The van der Waals surface area contributed by atoms with E-state index >= 15 is 0 Å². The zero-order valence-corrected chi connectivity index (χ0v) is 12.5. The topological polar surface area (TPSA) is 38.1 Å². The van der Waals surface area contributed by atoms with Gasteiger partial charge in [0.1, 0.15) is 12.4 Å². The van der Waals surface area contributed by atoms with Gasteiger partial charge >= 0.3 is 0 Å². The first-order valence-electron chi connectivity index (χ1n) is 7.75. The van der Waals surface area contributed by atoms with Gasteiger partial charge in [-0.2, -0.15) is 0 Å². The summed E-state index contributed by atoms with van der Waals surface area (Å²) in [6, 6.07) is 6.59. The van der Waals surface area contributed by atoms with Gasteiger partial charge in [0.15, 0.2) is 0 Å². The minimum Gasteiger partial charge on any atom is -0.334 e. The van der Waals surface area contributed by atoms with Gasteiger partial charge in [-0.1, -0.05) is 25.0 Å². The maximum atomic E-state index is 13.5. The molecule has 2 aromatic rings. The van der Waals surface area contributed by atoms with E-state index in [1.54, 1.807) is 35.4 Å². The lowest BCUT2D eigenvalue weighted by Gasteiger charge is -2.30. The van der Waals surface area contributed by atoms with Crippen LogP contribution in [0.5, 0.6) is 0 Å². The molecular weight excluding hydrogens is 281 g/mol. The van der Waals surface area contributed by atoms with Crippen LogP contribution in [0, 0.1) is 5.82 Å². The van der Waals surface area contributed by atoms with E-state index in [0.29, 0.717) is 0 Å². The summed E-state index contributed by atoms with van der Waals surface area (Å²) >= 11 is 0. The van der Waals surface area contributed by atoms with Crippen molar-refractivity contribution >= 4 is 5.91 Å². The Kier molecular flexibility index (Phi) is 4.51. The minimum absolute atomic E-state index is 0.0331. The fraction of sp³-hybridized carbons (Fsp3) is 0.412. The Labute approximate surface area is 129 Å². The van der Waals surface area contributed by atoms with E-state index in [2.05, 4.69) is 4.98 Å². The molecule has 1 aromatic carbocycles. The number of amides is 1. The summed E-state index contributed by atoms with van der Waals surface area (Å²) in [5, 5.41) is 0. The largest absolute Gasteiger partial charge is 0.334 e. The van der Waals surface area contributed by atoms with Crippen molar-refractivity contribution in [1.29, 1.82) is 0 Å². The van der Waals surface area contributed by atoms with Crippen molar-refractivity contribution in [3.05, 3.63) is 54.4 Å². The minimum atomic E-state index is -0.247. The molecule has 4 nitrogen and oxygen atoms in total. The number of imidazole rings is 1. The number of carbonyl (C=O) groups excluding carboxylic acids is 1. The Morgan fingerprint density at radius 1 is 1.32 bits per heavy atom. The number of nitrogens with zero attached hydrogens (tertiary/aromatic N) is 3. The number of carbonyl (C=O) groups is 1. The van der Waals surface area contributed by atoms with E-state index in [4.69, 9.17) is 0 Å². The molecule has 1 fully saturated rings. The lowest BCUT2D eigenvalue weighted by molar-refractivity contribution is -0.134. The molecule has 0 radical (unpaired) electrons. The summed E-state index contributed by atoms with van der Waals surface area (Å²) < 4.78 is 15.3. The van der Waals surface area contributed by atoms with E-state index in [0.717, 1.165) is 37.8 Å². The highest BCUT2D eigenvalue weighted by atomic mass is 19.1. The maximum Gasteiger partial charge on any atom is 0.243 e. The SMILES string of the molecule is O=C(Cn1ccnc1)N1CCCCC[C@H]1c1cccc(F)c1. The Morgan fingerprint density at radius 3 is 3.00 bits per heavy atom. The molecule has 116 valence electrons. The average Bonchev–Trinajstić information content (AvgIpc) is 2.88. The van der Waals surface area contributed by atoms with Gasteiger partial charge in [0.2, 0.25) is 5.91 Å². The Morgan fingerprint density at radius 2 is 2.23 bits per heavy atom. The number of halogens is 1. The highest BCUT2D eigenvalue weighted by Crippen LogP contribution is 2.30. The van der Waals surface area contributed by atoms with Crippen molar-refractivity contribution in [3.63, 3.8) is 0 Å². The second kappa shape index (κ2) is 6.73. The standard InChI is InChI=1S/C17H20FN3O/c18-15-6-4-5-14(11-15)16-7-2-1-3-9-21(16)17(22)12-20-10-8-19-13-20/h4-6,8,10-11,13,16H,1-3,7,9,12H2/t16-/m0/s1. The first-order valence-corrected chi connectivity index (χ1v) is 7.75. The number of benzene rings is 1. The molecule has 3 rings (SSSR count). The van der Waals surface area contributed by atoms with E-state index < -0.39 is 0 Å². The number of aromatic nitrogens is 2. The fourth-order valence-corrected chi connectivity index (χ4v) is 3.09. The van der Waals surface area contributed by atoms with Gasteiger partial charge in [-0.25, -0.2) is 9.37 Å². The summed E-state index contributed by atoms with van der Waals surface area (Å²) in [6.07, 6.45) is 9.16. The van der Waals surface area contributed by atoms with Crippen LogP contribution < -0.4 is 0 Å². The van der Waals surface area contributed by atoms with Crippen molar-refractivity contribution < 1.29 is 9.18 Å². The molecule has 1 saturated heterocycles. The fourth-order valence-electron chi connectivity index (χ4n) is 3.09. The normalized spacial score (nSPS) is 19.0. The average molecular weight is 301 g/mol. The molecule has 22 heavy (non-hydrogen) atoms. The molecule has 0 unspecified atom stereocenters. The summed E-state index contributed by atoms with van der Waals surface area (Å²) in [6.45, 7) is 1.01. The van der Waals surface area contributed by atoms with Crippen molar-refractivity contribution in [2.45, 2.75) is 38.3 Å². The lowest BCUT2D eigenvalue weighted by atomic mass is 10.0. The summed E-state index contributed by atoms with van der Waals surface area (Å²) in [5.41, 5.74) is 0.890. The van der Waals surface area contributed by atoms with Gasteiger partial charge in [0, 0.05) is 18.9 Å². The molecule has 0 bridgehead atoms. The van der Waals surface area contributed by atoms with E-state index in [-0.39, 0.29) is 24.3 Å². The van der Waals surface area contributed by atoms with Crippen LogP contribution in [0.15, 0.2) is 43.0 Å². The highest BCUT2D eigenvalue weighted by molar-refractivity contribution is 5.76. The predicted octanol–water partition coefficient (Wildman–Crippen LogP) is 3.17. The molecule has 2 heterocycles. The summed E-state index contributed by atoms with van der Waals surface area (Å²) in [7, 11) is 0. The van der Waals surface area contributed by atoms with Gasteiger partial charge in [0.05, 0.1) is 12.4 Å². The molecular formula is C17H20FN3O. The zero-order valence-electron chi connectivity index (χ0n) is 12.5. The third-order valence-electron chi connectivity index (χ3n) is 4.18. The zero-order chi connectivity index (χ0) is 15.4. The Bertz CT molecular complexity index is 627. The smallest absolute Gasteiger partial charge is 0.243 e. The first-order chi connectivity index (χ1) is 10.7. The van der Waals surface area contributed by atoms with Crippen LogP contribution in [0.2, 0.25) is 0 Å². The predicted molar refractivity (Wildman–Crippen MR) is 81.5 cm³/mol. The van der Waals surface area contributed by atoms with Crippen LogP contribution in [0.3, 0.4) is 0 Å². The number of rotatable bonds is 3. The van der Waals surface area contributed by atoms with Crippen molar-refractivity contribution in [1.82, 2.24) is 14.5 Å². The molecule has 5 heteroatoms. The number of hydrogen-bond donors (Lipinski definition) is 0. The monoisotopic (exact) mass is 301 g/mol. The molecule has 1 atom stereocenters. The van der Waals surface area contributed by atoms with Crippen molar-refractivity contribution in [2.24, 2.45) is 0 Å². The Balaban J connectivity index is 1.82. The van der Waals surface area contributed by atoms with Gasteiger partial charge in [-0.15, -0.1) is 0 Å². The quantitative estimate of drug-likeness (QED) is 0.873. The third kappa shape index (κ3) is 3.35. The Hall–Kier alpha value is -2.17. The molecule has 0 aliphatic carbocycles. The lowest BCUT2D eigenvalue weighted by Crippen LogP contribution is -2.37. The third-order valence-corrected chi connectivity index (χ3v) is 4.18. The van der Waals surface area contributed by atoms with Crippen molar-refractivity contribution in [3.8, 4) is 0 Å². The van der Waals surface area contributed by atoms with Crippen LogP contribution in [0.1, 0.15) is 37.3 Å². The number of hydrogen-bond acceptors (Lipinski definition) is 2. The highest BCUT2D eigenvalue weighted by Gasteiger charge is 2.26. The second-order valence-corrected chi connectivity index (χ2v) is 5.74. The van der Waals surface area contributed by atoms with Crippen LogP contribution in [0.25, 0.3) is 0 Å². The van der Waals surface area contributed by atoms with Gasteiger partial charge < -0.3 is 9.47 Å². The van der Waals surface area contributed by atoms with Crippen LogP contribution >= 0.6 is 0 Å². The molecule has 0 N–H and O–H groups in total. The first kappa shape index (κ1) is 14.8. The molecule has 1 amide bonds. The van der Waals surface area contributed by atoms with Gasteiger partial charge in [-0.05, 0) is 30.5 Å². The van der Waals surface area contributed by atoms with Gasteiger partial charge in [-0.3, -0.25) is 4.79 Å². The summed E-state index contributed by atoms with van der Waals surface area (Å²) in [5.74, 6) is -0.182. The van der Waals surface area contributed by atoms with Gasteiger partial charge in [0.25, 0.3) is 0 Å². The van der Waals surface area contributed by atoms with Crippen LogP contribution in [0.4, 0.5) is 4.39 Å². The molecule has 0 saturated carbocycles. The summed E-state index contributed by atoms with van der Waals surface area (Å²) in [4.78, 5) is 18.5. The molecule has 1 aromatic heterocycles. The van der Waals surface area contributed by atoms with E-state index in [1.807, 2.05) is 11.0 Å². The van der Waals surface area contributed by atoms with E-state index in [9.17, 15) is 9.18 Å². The molecule has 0 spiro atoms.